The van der Waals surface area contributed by atoms with Crippen LogP contribution in [0.3, 0.4) is 0 Å². The summed E-state index contributed by atoms with van der Waals surface area (Å²) in [5.41, 5.74) is 3.36. The van der Waals surface area contributed by atoms with Gasteiger partial charge in [0, 0.05) is 21.1 Å². The number of benzene rings is 3. The molecular weight excluding hydrogens is 479 g/mol. The average molecular weight is 497 g/mol. The number of anilines is 1. The molecule has 156 valence electrons. The zero-order chi connectivity index (χ0) is 22.0. The van der Waals surface area contributed by atoms with E-state index in [1.807, 2.05) is 49.4 Å². The van der Waals surface area contributed by atoms with Crippen molar-refractivity contribution in [2.24, 2.45) is 10.2 Å². The predicted octanol–water partition coefficient (Wildman–Crippen LogP) is 7.09. The molecule has 0 radical (unpaired) electrons. The van der Waals surface area contributed by atoms with Crippen LogP contribution in [0.1, 0.15) is 11.1 Å². The number of nitrogens with one attached hydrogen (secondary N) is 1. The highest BCUT2D eigenvalue weighted by Crippen LogP contribution is 2.40. The third-order valence-corrected chi connectivity index (χ3v) is 5.48. The van der Waals surface area contributed by atoms with Gasteiger partial charge in [0.1, 0.15) is 5.82 Å². The zero-order valence-electron chi connectivity index (χ0n) is 16.5. The van der Waals surface area contributed by atoms with Gasteiger partial charge in [0.15, 0.2) is 5.69 Å². The Bertz CT molecular complexity index is 1300. The van der Waals surface area contributed by atoms with E-state index in [2.05, 4.69) is 31.5 Å². The number of rotatable bonds is 4. The largest absolute Gasteiger partial charge is 0.493 e. The van der Waals surface area contributed by atoms with Crippen molar-refractivity contribution < 1.29 is 9.50 Å². The second-order valence-electron chi connectivity index (χ2n) is 7.01. The molecule has 8 heteroatoms. The number of halogens is 2. The SMILES string of the molecule is Cc1ccc(NC(=S)N=Nc2c(O)n(Cc3ccccc3F)c3ccc(Br)cc23)cc1. The number of aromatic hydroxyl groups is 1. The summed E-state index contributed by atoms with van der Waals surface area (Å²) in [5.74, 6) is -0.453. The molecule has 0 spiro atoms. The van der Waals surface area contributed by atoms with Gasteiger partial charge in [-0.2, -0.15) is 0 Å². The summed E-state index contributed by atoms with van der Waals surface area (Å²) in [6, 6.07) is 19.7. The van der Waals surface area contributed by atoms with Gasteiger partial charge in [0.2, 0.25) is 11.0 Å². The lowest BCUT2D eigenvalue weighted by Crippen LogP contribution is -2.04. The Morgan fingerprint density at radius 2 is 1.87 bits per heavy atom. The lowest BCUT2D eigenvalue weighted by atomic mass is 10.2. The van der Waals surface area contributed by atoms with Gasteiger partial charge in [-0.05, 0) is 55.5 Å². The van der Waals surface area contributed by atoms with E-state index >= 15 is 0 Å². The van der Waals surface area contributed by atoms with Gasteiger partial charge >= 0.3 is 0 Å². The monoisotopic (exact) mass is 496 g/mol. The number of aromatic nitrogens is 1. The molecule has 5 nitrogen and oxygen atoms in total. The number of hydrogen-bond donors (Lipinski definition) is 2. The fourth-order valence-electron chi connectivity index (χ4n) is 3.23. The Kier molecular flexibility index (Phi) is 6.11. The lowest BCUT2D eigenvalue weighted by Gasteiger charge is -2.08. The average Bonchev–Trinajstić information content (AvgIpc) is 3.00. The molecule has 0 aliphatic heterocycles. The van der Waals surface area contributed by atoms with Crippen LogP contribution in [0, 0.1) is 12.7 Å². The molecule has 2 N–H and O–H groups in total. The van der Waals surface area contributed by atoms with E-state index in [-0.39, 0.29) is 29.0 Å². The van der Waals surface area contributed by atoms with E-state index in [9.17, 15) is 9.50 Å². The first kappa shape index (κ1) is 21.1. The fourth-order valence-corrected chi connectivity index (χ4v) is 3.75. The number of hydrogen-bond acceptors (Lipinski definition) is 3. The van der Waals surface area contributed by atoms with Crippen LogP contribution in [-0.2, 0) is 6.54 Å². The van der Waals surface area contributed by atoms with Gasteiger partial charge in [0.05, 0.1) is 12.1 Å². The van der Waals surface area contributed by atoms with Crippen molar-refractivity contribution in [2.75, 3.05) is 5.32 Å². The van der Waals surface area contributed by atoms with Crippen molar-refractivity contribution in [1.82, 2.24) is 4.57 Å². The molecule has 1 aromatic heterocycles. The Hall–Kier alpha value is -3.10. The molecule has 3 aromatic carbocycles. The summed E-state index contributed by atoms with van der Waals surface area (Å²) < 4.78 is 16.6. The van der Waals surface area contributed by atoms with Gasteiger partial charge in [-0.1, -0.05) is 51.8 Å². The van der Waals surface area contributed by atoms with Gasteiger partial charge in [0.25, 0.3) is 0 Å². The van der Waals surface area contributed by atoms with Crippen LogP contribution in [0.2, 0.25) is 0 Å². The van der Waals surface area contributed by atoms with Crippen LogP contribution in [0.5, 0.6) is 5.88 Å². The van der Waals surface area contributed by atoms with Crippen molar-refractivity contribution in [3.8, 4) is 5.88 Å². The predicted molar refractivity (Wildman–Crippen MR) is 129 cm³/mol. The van der Waals surface area contributed by atoms with Crippen LogP contribution in [-0.4, -0.2) is 14.8 Å². The third kappa shape index (κ3) is 4.65. The van der Waals surface area contributed by atoms with Crippen LogP contribution in [0.15, 0.2) is 81.4 Å². The molecule has 0 bridgehead atoms. The van der Waals surface area contributed by atoms with E-state index in [1.54, 1.807) is 22.8 Å². The Labute approximate surface area is 192 Å². The Morgan fingerprint density at radius 1 is 1.13 bits per heavy atom. The molecule has 31 heavy (non-hydrogen) atoms. The van der Waals surface area contributed by atoms with Crippen LogP contribution >= 0.6 is 28.1 Å². The number of aryl methyl sites for hydroxylation is 1. The molecule has 0 aliphatic carbocycles. The molecule has 4 rings (SSSR count). The van der Waals surface area contributed by atoms with E-state index in [4.69, 9.17) is 12.2 Å². The second kappa shape index (κ2) is 8.95. The molecule has 0 saturated carbocycles. The highest BCUT2D eigenvalue weighted by atomic mass is 79.9. The standard InChI is InChI=1S/C23H18BrFN4OS/c1-14-6-9-17(10-7-14)26-23(31)28-27-21-18-12-16(24)8-11-20(18)29(22(21)30)13-15-4-2-3-5-19(15)25/h2-12,30H,13H2,1H3,(H,26,31). The van der Waals surface area contributed by atoms with E-state index in [0.717, 1.165) is 15.7 Å². The fraction of sp³-hybridized carbons (Fsp3) is 0.0870. The summed E-state index contributed by atoms with van der Waals surface area (Å²) in [4.78, 5) is 0. The molecule has 0 saturated heterocycles. The van der Waals surface area contributed by atoms with Crippen LogP contribution in [0.4, 0.5) is 15.8 Å². The quantitative estimate of drug-likeness (QED) is 0.234. The van der Waals surface area contributed by atoms with Crippen LogP contribution < -0.4 is 5.32 Å². The van der Waals surface area contributed by atoms with Crippen molar-refractivity contribution in [3.05, 3.63) is 88.1 Å². The first-order chi connectivity index (χ1) is 14.9. The first-order valence-corrected chi connectivity index (χ1v) is 10.7. The normalized spacial score (nSPS) is 11.3. The summed E-state index contributed by atoms with van der Waals surface area (Å²) in [5, 5.41) is 23.0. The molecule has 0 fully saturated rings. The van der Waals surface area contributed by atoms with Crippen molar-refractivity contribution in [2.45, 2.75) is 13.5 Å². The maximum absolute atomic E-state index is 14.2. The number of azo groups is 1. The maximum atomic E-state index is 14.2. The van der Waals surface area contributed by atoms with Gasteiger partial charge < -0.3 is 15.0 Å². The van der Waals surface area contributed by atoms with E-state index in [0.29, 0.717) is 16.5 Å². The maximum Gasteiger partial charge on any atom is 0.221 e. The van der Waals surface area contributed by atoms with Gasteiger partial charge in [-0.3, -0.25) is 0 Å². The minimum absolute atomic E-state index is 0.113. The molecule has 0 amide bonds. The minimum Gasteiger partial charge on any atom is -0.493 e. The van der Waals surface area contributed by atoms with Crippen molar-refractivity contribution >= 4 is 55.5 Å². The minimum atomic E-state index is -0.340. The lowest BCUT2D eigenvalue weighted by molar-refractivity contribution is 0.428. The molecule has 1 heterocycles. The summed E-state index contributed by atoms with van der Waals surface area (Å²) in [6.07, 6.45) is 0. The van der Waals surface area contributed by atoms with Gasteiger partial charge in [-0.15, -0.1) is 10.2 Å². The molecule has 4 aromatic rings. The Balaban J connectivity index is 1.68. The molecule has 0 aliphatic rings. The summed E-state index contributed by atoms with van der Waals surface area (Å²) in [6.45, 7) is 2.15. The second-order valence-corrected chi connectivity index (χ2v) is 8.31. The first-order valence-electron chi connectivity index (χ1n) is 9.46. The van der Waals surface area contributed by atoms with Crippen LogP contribution in [0.25, 0.3) is 10.9 Å². The van der Waals surface area contributed by atoms with E-state index in [1.165, 1.54) is 6.07 Å². The highest BCUT2D eigenvalue weighted by Gasteiger charge is 2.18. The Morgan fingerprint density at radius 3 is 2.61 bits per heavy atom. The number of nitrogens with zero attached hydrogens (tertiary/aromatic N) is 3. The number of thiocarbonyl (C=S) groups is 1. The third-order valence-electron chi connectivity index (χ3n) is 4.80. The topological polar surface area (TPSA) is 61.9 Å². The molecule has 0 atom stereocenters. The molecule has 0 unspecified atom stereocenters. The summed E-state index contributed by atoms with van der Waals surface area (Å²) >= 11 is 8.72. The van der Waals surface area contributed by atoms with Crippen molar-refractivity contribution in [1.29, 1.82) is 0 Å². The van der Waals surface area contributed by atoms with Crippen molar-refractivity contribution in [3.63, 3.8) is 0 Å². The highest BCUT2D eigenvalue weighted by molar-refractivity contribution is 9.10. The number of fused-ring (bicyclic) bond motifs is 1. The van der Waals surface area contributed by atoms with E-state index < -0.39 is 0 Å². The zero-order valence-corrected chi connectivity index (χ0v) is 18.9. The summed E-state index contributed by atoms with van der Waals surface area (Å²) in [7, 11) is 0. The van der Waals surface area contributed by atoms with Gasteiger partial charge in [-0.25, -0.2) is 4.39 Å². The smallest absolute Gasteiger partial charge is 0.221 e. The molecular formula is C23H18BrFN4OS.